The predicted molar refractivity (Wildman–Crippen MR) is 159 cm³/mol. The van der Waals surface area contributed by atoms with Crippen molar-refractivity contribution in [3.8, 4) is 5.69 Å². The second kappa shape index (κ2) is 11.5. The Kier molecular flexibility index (Phi) is 8.01. The van der Waals surface area contributed by atoms with Crippen LogP contribution in [0.1, 0.15) is 48.4 Å². The molecule has 0 radical (unpaired) electrons. The molecule has 1 atom stereocenters. The van der Waals surface area contributed by atoms with Crippen molar-refractivity contribution in [1.29, 1.82) is 0 Å². The standard InChI is InChI=1S/C31H30ClFN4O2S/c1-31(2,3)29-27-28(21-12-9-13-22(33)16-21)40-19-26(39)36(18-25(38)34-17-20-10-5-4-6-11-20)30(27)37(35-29)24-15-8-7-14-23(24)32/h4-16,28H,17-19H2,1-3H3,(H,34,38). The largest absolute Gasteiger partial charge is 0.350 e. The van der Waals surface area contributed by atoms with Gasteiger partial charge >= 0.3 is 0 Å². The van der Waals surface area contributed by atoms with Gasteiger partial charge in [-0.05, 0) is 35.4 Å². The van der Waals surface area contributed by atoms with Gasteiger partial charge < -0.3 is 5.32 Å². The molecule has 9 heteroatoms. The van der Waals surface area contributed by atoms with Gasteiger partial charge in [0.1, 0.15) is 18.2 Å². The van der Waals surface area contributed by atoms with Crippen molar-refractivity contribution in [2.75, 3.05) is 17.2 Å². The Morgan fingerprint density at radius 3 is 2.50 bits per heavy atom. The lowest BCUT2D eigenvalue weighted by atomic mass is 9.87. The number of fused-ring (bicyclic) bond motifs is 1. The van der Waals surface area contributed by atoms with Crippen LogP contribution in [0.5, 0.6) is 0 Å². The summed E-state index contributed by atoms with van der Waals surface area (Å²) in [4.78, 5) is 28.5. The van der Waals surface area contributed by atoms with Crippen LogP contribution in [-0.4, -0.2) is 33.9 Å². The molecule has 1 unspecified atom stereocenters. The van der Waals surface area contributed by atoms with Crippen molar-refractivity contribution in [1.82, 2.24) is 15.1 Å². The van der Waals surface area contributed by atoms with Crippen LogP contribution in [0.15, 0.2) is 78.9 Å². The Morgan fingerprint density at radius 2 is 1.80 bits per heavy atom. The molecule has 40 heavy (non-hydrogen) atoms. The van der Waals surface area contributed by atoms with Crippen LogP contribution < -0.4 is 10.2 Å². The molecule has 2 amide bonds. The molecule has 206 valence electrons. The molecule has 0 aliphatic carbocycles. The second-order valence-corrected chi connectivity index (χ2v) is 12.2. The summed E-state index contributed by atoms with van der Waals surface area (Å²) in [6.07, 6.45) is 0. The number of halogens is 2. The average molecular weight is 577 g/mol. The fourth-order valence-corrected chi connectivity index (χ4v) is 6.20. The summed E-state index contributed by atoms with van der Waals surface area (Å²) in [5.41, 5.74) is 3.34. The first kappa shape index (κ1) is 27.9. The van der Waals surface area contributed by atoms with Crippen molar-refractivity contribution in [3.63, 3.8) is 0 Å². The van der Waals surface area contributed by atoms with Gasteiger partial charge in [-0.2, -0.15) is 5.10 Å². The number of thioether (sulfide) groups is 1. The topological polar surface area (TPSA) is 67.2 Å². The van der Waals surface area contributed by atoms with Crippen molar-refractivity contribution in [2.45, 2.75) is 38.0 Å². The van der Waals surface area contributed by atoms with E-state index in [1.165, 1.54) is 28.8 Å². The van der Waals surface area contributed by atoms with Crippen molar-refractivity contribution in [3.05, 3.63) is 112 Å². The molecule has 2 heterocycles. The zero-order valence-corrected chi connectivity index (χ0v) is 24.1. The highest BCUT2D eigenvalue weighted by molar-refractivity contribution is 8.00. The van der Waals surface area contributed by atoms with Gasteiger partial charge in [-0.1, -0.05) is 87.0 Å². The van der Waals surface area contributed by atoms with E-state index in [1.54, 1.807) is 16.8 Å². The van der Waals surface area contributed by atoms with E-state index < -0.39 is 10.7 Å². The number of nitrogens with one attached hydrogen (secondary N) is 1. The van der Waals surface area contributed by atoms with Crippen molar-refractivity contribution in [2.24, 2.45) is 0 Å². The summed E-state index contributed by atoms with van der Waals surface area (Å²) in [5, 5.41) is 8.01. The molecule has 3 aromatic carbocycles. The van der Waals surface area contributed by atoms with E-state index >= 15 is 0 Å². The fraction of sp³-hybridized carbons (Fsp3) is 0.258. The van der Waals surface area contributed by atoms with E-state index in [1.807, 2.05) is 75.4 Å². The van der Waals surface area contributed by atoms with Crippen molar-refractivity contribution >= 4 is 41.0 Å². The Hall–Kier alpha value is -3.62. The molecule has 0 bridgehead atoms. The molecule has 5 rings (SSSR count). The maximum Gasteiger partial charge on any atom is 0.240 e. The van der Waals surface area contributed by atoms with Gasteiger partial charge in [0.2, 0.25) is 11.8 Å². The molecule has 6 nitrogen and oxygen atoms in total. The SMILES string of the molecule is CC(C)(C)c1nn(-c2ccccc2Cl)c2c1C(c1cccc(F)c1)SCC(=O)N2CC(=O)NCc1ccccc1. The molecular formula is C31H30ClFN4O2S. The first-order valence-electron chi connectivity index (χ1n) is 13.0. The molecule has 0 saturated heterocycles. The van der Waals surface area contributed by atoms with Gasteiger partial charge in [0.25, 0.3) is 0 Å². The zero-order valence-electron chi connectivity index (χ0n) is 22.5. The third-order valence-electron chi connectivity index (χ3n) is 6.67. The summed E-state index contributed by atoms with van der Waals surface area (Å²) in [6.45, 7) is 6.28. The third-order valence-corrected chi connectivity index (χ3v) is 8.24. The highest BCUT2D eigenvalue weighted by Crippen LogP contribution is 2.48. The lowest BCUT2D eigenvalue weighted by Crippen LogP contribution is -2.42. The quantitative estimate of drug-likeness (QED) is 0.286. The van der Waals surface area contributed by atoms with E-state index in [0.717, 1.165) is 22.4 Å². The van der Waals surface area contributed by atoms with Gasteiger partial charge in [0.15, 0.2) is 0 Å². The Balaban J connectivity index is 1.67. The third kappa shape index (κ3) is 5.78. The van der Waals surface area contributed by atoms with Gasteiger partial charge in [0, 0.05) is 17.5 Å². The first-order chi connectivity index (χ1) is 19.1. The summed E-state index contributed by atoms with van der Waals surface area (Å²) in [5.74, 6) is -0.330. The second-order valence-electron chi connectivity index (χ2n) is 10.7. The Bertz CT molecular complexity index is 1550. The number of hydrogen-bond donors (Lipinski definition) is 1. The summed E-state index contributed by atoms with van der Waals surface area (Å²) in [7, 11) is 0. The van der Waals surface area contributed by atoms with E-state index in [-0.39, 0.29) is 29.9 Å². The zero-order chi connectivity index (χ0) is 28.4. The van der Waals surface area contributed by atoms with Crippen LogP contribution in [0.25, 0.3) is 5.69 Å². The lowest BCUT2D eigenvalue weighted by Gasteiger charge is -2.24. The number of nitrogens with zero attached hydrogens (tertiary/aromatic N) is 3. The Labute approximate surface area is 242 Å². The molecule has 0 fully saturated rings. The van der Waals surface area contributed by atoms with Crippen molar-refractivity contribution < 1.29 is 14.0 Å². The smallest absolute Gasteiger partial charge is 0.240 e. The molecular weight excluding hydrogens is 547 g/mol. The normalized spacial score (nSPS) is 15.5. The molecule has 4 aromatic rings. The summed E-state index contributed by atoms with van der Waals surface area (Å²) >= 11 is 8.05. The predicted octanol–water partition coefficient (Wildman–Crippen LogP) is 6.45. The monoisotopic (exact) mass is 576 g/mol. The molecule has 1 N–H and O–H groups in total. The minimum atomic E-state index is -0.433. The van der Waals surface area contributed by atoms with Gasteiger partial charge in [-0.25, -0.2) is 9.07 Å². The Morgan fingerprint density at radius 1 is 1.07 bits per heavy atom. The number of benzene rings is 3. The van der Waals surface area contributed by atoms with E-state index in [9.17, 15) is 14.0 Å². The van der Waals surface area contributed by atoms with E-state index in [0.29, 0.717) is 23.1 Å². The van der Waals surface area contributed by atoms with Crippen LogP contribution in [0.3, 0.4) is 0 Å². The van der Waals surface area contributed by atoms with Crippen LogP contribution >= 0.6 is 23.4 Å². The number of carbonyl (C=O) groups is 2. The summed E-state index contributed by atoms with van der Waals surface area (Å²) in [6, 6.07) is 23.3. The number of rotatable bonds is 6. The highest BCUT2D eigenvalue weighted by atomic mass is 35.5. The van der Waals surface area contributed by atoms with E-state index in [2.05, 4.69) is 5.32 Å². The maximum atomic E-state index is 14.4. The maximum absolute atomic E-state index is 14.4. The molecule has 1 aromatic heterocycles. The minimum Gasteiger partial charge on any atom is -0.350 e. The summed E-state index contributed by atoms with van der Waals surface area (Å²) < 4.78 is 16.1. The number of hydrogen-bond acceptors (Lipinski definition) is 4. The number of amides is 2. The number of para-hydroxylation sites is 1. The number of aromatic nitrogens is 2. The van der Waals surface area contributed by atoms with Crippen LogP contribution in [-0.2, 0) is 21.5 Å². The van der Waals surface area contributed by atoms with Gasteiger partial charge in [-0.3, -0.25) is 14.5 Å². The lowest BCUT2D eigenvalue weighted by molar-refractivity contribution is -0.123. The van der Waals surface area contributed by atoms with Crippen LogP contribution in [0.4, 0.5) is 10.2 Å². The van der Waals surface area contributed by atoms with Gasteiger partial charge in [0.05, 0.1) is 27.4 Å². The first-order valence-corrected chi connectivity index (χ1v) is 14.4. The van der Waals surface area contributed by atoms with Gasteiger partial charge in [-0.15, -0.1) is 11.8 Å². The molecule has 1 aliphatic heterocycles. The molecule has 1 aliphatic rings. The molecule has 0 saturated carbocycles. The van der Waals surface area contributed by atoms with E-state index in [4.69, 9.17) is 16.7 Å². The fourth-order valence-electron chi connectivity index (χ4n) is 4.79. The number of carbonyl (C=O) groups excluding carboxylic acids is 2. The van der Waals surface area contributed by atoms with Crippen LogP contribution in [0.2, 0.25) is 5.02 Å². The average Bonchev–Trinajstić information content (AvgIpc) is 3.26. The number of anilines is 1. The highest BCUT2D eigenvalue weighted by Gasteiger charge is 2.40. The molecule has 0 spiro atoms. The minimum absolute atomic E-state index is 0.105. The van der Waals surface area contributed by atoms with Crippen LogP contribution in [0, 0.1) is 5.82 Å².